The molecule has 0 aliphatic carbocycles. The molecule has 2 saturated heterocycles. The second kappa shape index (κ2) is 22.4. The second-order valence-corrected chi connectivity index (χ2v) is 12.5. The van der Waals surface area contributed by atoms with E-state index < -0.39 is 24.3 Å². The molecule has 1 aromatic heterocycles. The number of amides is 1. The molecule has 6 atom stereocenters. The molecule has 48 heavy (non-hydrogen) atoms. The van der Waals surface area contributed by atoms with Crippen molar-refractivity contribution in [2.24, 2.45) is 0 Å². The summed E-state index contributed by atoms with van der Waals surface area (Å²) >= 11 is 0. The van der Waals surface area contributed by atoms with E-state index in [-0.39, 0.29) is 43.4 Å². The summed E-state index contributed by atoms with van der Waals surface area (Å²) < 4.78 is 40.3. The Morgan fingerprint density at radius 3 is 2.58 bits per heavy atom. The first-order valence-corrected chi connectivity index (χ1v) is 17.6. The SMILES string of the molecule is CCCCC[C@H]1CCOC(CCC)C[C@@H](OC)CC2C[C@@H](OC(=O)/C=C\CCc3coc(/C=C\CNC(=O)OC)n3)CC(CC(=O)O1)O2. The van der Waals surface area contributed by atoms with E-state index in [1.165, 1.54) is 13.2 Å². The molecule has 12 heteroatoms. The molecule has 3 heterocycles. The molecular formula is C36H56N2O10. The van der Waals surface area contributed by atoms with Gasteiger partial charge in [0.15, 0.2) is 0 Å². The molecule has 0 spiro atoms. The lowest BCUT2D eigenvalue weighted by Gasteiger charge is -2.37. The van der Waals surface area contributed by atoms with E-state index in [1.807, 2.05) is 0 Å². The number of hydrogen-bond acceptors (Lipinski definition) is 11. The van der Waals surface area contributed by atoms with Gasteiger partial charge in [-0.05, 0) is 51.0 Å². The number of aryl methyl sites for hydroxylation is 1. The second-order valence-electron chi connectivity index (χ2n) is 12.5. The third-order valence-corrected chi connectivity index (χ3v) is 8.53. The fourth-order valence-corrected chi connectivity index (χ4v) is 6.08. The highest BCUT2D eigenvalue weighted by atomic mass is 16.6. The number of nitrogens with one attached hydrogen (secondary N) is 1. The molecule has 0 saturated carbocycles. The van der Waals surface area contributed by atoms with Gasteiger partial charge in [-0.25, -0.2) is 14.6 Å². The maximum Gasteiger partial charge on any atom is 0.407 e. The quantitative estimate of drug-likeness (QED) is 0.0973. The molecule has 3 rings (SSSR count). The molecule has 2 fully saturated rings. The van der Waals surface area contributed by atoms with Crippen LogP contribution in [0.15, 0.2) is 28.9 Å². The Bertz CT molecular complexity index is 1150. The lowest BCUT2D eigenvalue weighted by Crippen LogP contribution is -2.41. The molecule has 1 N–H and O–H groups in total. The van der Waals surface area contributed by atoms with Crippen LogP contribution in [-0.2, 0) is 44.4 Å². The molecule has 0 aromatic carbocycles. The smallest absolute Gasteiger partial charge is 0.407 e. The van der Waals surface area contributed by atoms with Crippen LogP contribution in [0.3, 0.4) is 0 Å². The Morgan fingerprint density at radius 2 is 1.81 bits per heavy atom. The van der Waals surface area contributed by atoms with Crippen LogP contribution in [0.5, 0.6) is 0 Å². The first-order valence-electron chi connectivity index (χ1n) is 17.6. The molecule has 2 aliphatic rings. The van der Waals surface area contributed by atoms with Crippen LogP contribution >= 0.6 is 0 Å². The Morgan fingerprint density at radius 1 is 1.00 bits per heavy atom. The summed E-state index contributed by atoms with van der Waals surface area (Å²) in [5, 5.41) is 2.54. The highest BCUT2D eigenvalue weighted by Crippen LogP contribution is 2.30. The van der Waals surface area contributed by atoms with Crippen LogP contribution in [0.4, 0.5) is 4.79 Å². The van der Waals surface area contributed by atoms with Crippen molar-refractivity contribution in [2.45, 2.75) is 140 Å². The third kappa shape index (κ3) is 15.3. The van der Waals surface area contributed by atoms with Gasteiger partial charge in [-0.2, -0.15) is 0 Å². The van der Waals surface area contributed by atoms with E-state index in [0.717, 1.165) is 50.6 Å². The number of hydrogen-bond donors (Lipinski definition) is 1. The van der Waals surface area contributed by atoms with Gasteiger partial charge in [-0.15, -0.1) is 0 Å². The number of cyclic esters (lactones) is 1. The number of carbonyl (C=O) groups excluding carboxylic acids is 3. The Hall–Kier alpha value is -3.22. The number of allylic oxidation sites excluding steroid dienone is 1. The molecule has 1 aromatic rings. The summed E-state index contributed by atoms with van der Waals surface area (Å²) in [5.41, 5.74) is 0.738. The lowest BCUT2D eigenvalue weighted by molar-refractivity contribution is -0.169. The van der Waals surface area contributed by atoms with Gasteiger partial charge in [0.1, 0.15) is 18.5 Å². The number of unbranched alkanes of at least 4 members (excludes halogenated alkanes) is 2. The Kier molecular flexibility index (Phi) is 18.3. The fourth-order valence-electron chi connectivity index (χ4n) is 6.08. The number of ether oxygens (including phenoxy) is 6. The fraction of sp³-hybridized carbons (Fsp3) is 0.722. The number of rotatable bonds is 15. The van der Waals surface area contributed by atoms with Gasteiger partial charge >= 0.3 is 18.0 Å². The van der Waals surface area contributed by atoms with Crippen molar-refractivity contribution in [3.63, 3.8) is 0 Å². The molecular weight excluding hydrogens is 620 g/mol. The topological polar surface area (TPSA) is 145 Å². The van der Waals surface area contributed by atoms with E-state index in [0.29, 0.717) is 51.0 Å². The van der Waals surface area contributed by atoms with Gasteiger partial charge in [0.25, 0.3) is 0 Å². The Labute approximate surface area is 285 Å². The molecule has 1 amide bonds. The molecule has 12 nitrogen and oxygen atoms in total. The normalized spacial score (nSPS) is 25.8. The van der Waals surface area contributed by atoms with Crippen molar-refractivity contribution in [2.75, 3.05) is 27.4 Å². The van der Waals surface area contributed by atoms with E-state index >= 15 is 0 Å². The summed E-state index contributed by atoms with van der Waals surface area (Å²) in [6, 6.07) is 0. The standard InChI is InChI=1S/C36H56N2O10/c1-5-7-8-14-27-17-19-44-28(12-6-2)20-29(42-3)21-30-22-31(23-32(46-30)24-35(40)47-27)48-34(39)16-10-9-13-26-25-45-33(38-26)15-11-18-37-36(41)43-4/h10-11,15-16,25,27-32H,5-9,12-14,17-24H2,1-4H3,(H,37,41)/b15-11-,16-10-/t27-,28?,29+,30?,31+,32?/m0/s1. The summed E-state index contributed by atoms with van der Waals surface area (Å²) in [6.07, 6.45) is 16.5. The van der Waals surface area contributed by atoms with Crippen LogP contribution in [0.1, 0.15) is 109 Å². The van der Waals surface area contributed by atoms with Crippen molar-refractivity contribution in [1.82, 2.24) is 10.3 Å². The third-order valence-electron chi connectivity index (χ3n) is 8.53. The monoisotopic (exact) mass is 676 g/mol. The number of methoxy groups -OCH3 is 2. The molecule has 2 bridgehead atoms. The maximum absolute atomic E-state index is 13.1. The van der Waals surface area contributed by atoms with Gasteiger partial charge in [0.05, 0.1) is 50.2 Å². The highest BCUT2D eigenvalue weighted by Gasteiger charge is 2.35. The zero-order valence-corrected chi connectivity index (χ0v) is 29.2. The number of aromatic nitrogens is 1. The zero-order valence-electron chi connectivity index (χ0n) is 29.2. The number of oxazole rings is 1. The van der Waals surface area contributed by atoms with Gasteiger partial charge in [-0.1, -0.05) is 45.3 Å². The largest absolute Gasteiger partial charge is 0.462 e. The first kappa shape index (κ1) is 39.2. The number of nitrogens with zero attached hydrogens (tertiary/aromatic N) is 1. The summed E-state index contributed by atoms with van der Waals surface area (Å²) in [7, 11) is 3.01. The van der Waals surface area contributed by atoms with Crippen molar-refractivity contribution in [3.8, 4) is 0 Å². The number of fused-ring (bicyclic) bond motifs is 2. The van der Waals surface area contributed by atoms with Gasteiger partial charge in [0.2, 0.25) is 5.89 Å². The van der Waals surface area contributed by atoms with Crippen molar-refractivity contribution in [1.29, 1.82) is 0 Å². The minimum absolute atomic E-state index is 0.0451. The average molecular weight is 677 g/mol. The minimum Gasteiger partial charge on any atom is -0.462 e. The number of esters is 2. The van der Waals surface area contributed by atoms with Gasteiger partial charge in [-0.3, -0.25) is 4.79 Å². The van der Waals surface area contributed by atoms with E-state index in [9.17, 15) is 14.4 Å². The molecule has 2 aliphatic heterocycles. The Balaban J connectivity index is 1.57. The first-order chi connectivity index (χ1) is 23.3. The van der Waals surface area contributed by atoms with Gasteiger partial charge in [0, 0.05) is 39.0 Å². The van der Waals surface area contributed by atoms with Crippen LogP contribution in [-0.4, -0.2) is 87.0 Å². The predicted octanol–water partition coefficient (Wildman–Crippen LogP) is 6.26. The van der Waals surface area contributed by atoms with E-state index in [2.05, 4.69) is 28.9 Å². The summed E-state index contributed by atoms with van der Waals surface area (Å²) in [4.78, 5) is 41.4. The average Bonchev–Trinajstić information content (AvgIpc) is 3.51. The minimum atomic E-state index is -0.516. The number of carbonyl (C=O) groups is 3. The molecule has 270 valence electrons. The lowest BCUT2D eigenvalue weighted by atomic mass is 9.93. The summed E-state index contributed by atoms with van der Waals surface area (Å²) in [6.45, 7) is 5.14. The predicted molar refractivity (Wildman–Crippen MR) is 179 cm³/mol. The zero-order chi connectivity index (χ0) is 34.6. The van der Waals surface area contributed by atoms with E-state index in [1.54, 1.807) is 31.6 Å². The van der Waals surface area contributed by atoms with Crippen LogP contribution in [0, 0.1) is 0 Å². The highest BCUT2D eigenvalue weighted by molar-refractivity contribution is 5.82. The van der Waals surface area contributed by atoms with E-state index in [4.69, 9.17) is 28.1 Å². The molecule has 3 unspecified atom stereocenters. The van der Waals surface area contributed by atoms with Gasteiger partial charge < -0.3 is 38.2 Å². The van der Waals surface area contributed by atoms with Crippen molar-refractivity contribution < 1.29 is 47.2 Å². The van der Waals surface area contributed by atoms with Crippen LogP contribution in [0.2, 0.25) is 0 Å². The molecule has 0 radical (unpaired) electrons. The maximum atomic E-state index is 13.1. The van der Waals surface area contributed by atoms with Crippen LogP contribution < -0.4 is 5.32 Å². The summed E-state index contributed by atoms with van der Waals surface area (Å²) in [5.74, 6) is -0.309. The van der Waals surface area contributed by atoms with Crippen molar-refractivity contribution >= 4 is 24.1 Å². The van der Waals surface area contributed by atoms with Crippen molar-refractivity contribution in [3.05, 3.63) is 36.1 Å². The van der Waals surface area contributed by atoms with Crippen LogP contribution in [0.25, 0.3) is 6.08 Å². The number of alkyl carbamates (subject to hydrolysis) is 1.